The Morgan fingerprint density at radius 3 is 2.89 bits per heavy atom. The zero-order chi connectivity index (χ0) is 12.8. The van der Waals surface area contributed by atoms with Gasteiger partial charge in [0.05, 0.1) is 16.8 Å². The molecule has 0 unspecified atom stereocenters. The number of hydrogen-bond acceptors (Lipinski definition) is 3. The number of nitrogens with zero attached hydrogens (tertiary/aromatic N) is 1. The van der Waals surface area contributed by atoms with Gasteiger partial charge in [-0.2, -0.15) is 5.10 Å². The maximum atomic E-state index is 5.40. The van der Waals surface area contributed by atoms with E-state index in [1.54, 1.807) is 0 Å². The highest BCUT2D eigenvalue weighted by Crippen LogP contribution is 2.38. The zero-order valence-electron chi connectivity index (χ0n) is 10.3. The Morgan fingerprint density at radius 1 is 1.21 bits per heavy atom. The molecule has 0 atom stereocenters. The van der Waals surface area contributed by atoms with Gasteiger partial charge in [-0.05, 0) is 25.1 Å². The number of nitrogens with one attached hydrogen (secondary N) is 3. The number of aromatic nitrogens is 3. The molecule has 1 aliphatic carbocycles. The summed E-state index contributed by atoms with van der Waals surface area (Å²) in [5, 5.41) is 14.6. The number of H-pyrrole nitrogens is 2. The molecule has 0 saturated carbocycles. The Morgan fingerprint density at radius 2 is 2.05 bits per heavy atom. The van der Waals surface area contributed by atoms with Crippen LogP contribution in [-0.4, -0.2) is 15.4 Å². The van der Waals surface area contributed by atoms with Crippen molar-refractivity contribution in [2.45, 2.75) is 6.92 Å². The molecule has 1 aromatic carbocycles. The van der Waals surface area contributed by atoms with Crippen LogP contribution in [0.1, 0.15) is 5.69 Å². The lowest BCUT2D eigenvalue weighted by Gasteiger charge is -2.01. The second-order valence-corrected chi connectivity index (χ2v) is 4.56. The number of anilines is 2. The second kappa shape index (κ2) is 3.65. The predicted molar refractivity (Wildman–Crippen MR) is 73.8 cm³/mol. The van der Waals surface area contributed by atoms with Crippen molar-refractivity contribution in [1.29, 1.82) is 0 Å². The summed E-state index contributed by atoms with van der Waals surface area (Å²) in [7, 11) is 0. The van der Waals surface area contributed by atoms with Crippen LogP contribution in [0.3, 0.4) is 0 Å². The topological polar surface area (TPSA) is 69.6 Å². The first kappa shape index (κ1) is 10.3. The minimum Gasteiger partial charge on any atom is -0.382 e. The summed E-state index contributed by atoms with van der Waals surface area (Å²) in [6.07, 6.45) is 0. The fourth-order valence-corrected chi connectivity index (χ4v) is 2.40. The number of hydrogen-bond donors (Lipinski definition) is 3. The molecule has 2 heterocycles. The van der Waals surface area contributed by atoms with E-state index in [0.717, 1.165) is 39.4 Å². The molecule has 0 amide bonds. The van der Waals surface area contributed by atoms with Gasteiger partial charge in [0, 0.05) is 11.1 Å². The lowest BCUT2D eigenvalue weighted by atomic mass is 10.2. The average molecular weight is 252 g/mol. The summed E-state index contributed by atoms with van der Waals surface area (Å²) < 4.78 is 5.40. The van der Waals surface area contributed by atoms with Crippen LogP contribution in [0.2, 0.25) is 0 Å². The van der Waals surface area contributed by atoms with Crippen LogP contribution in [0.15, 0.2) is 40.9 Å². The van der Waals surface area contributed by atoms with Gasteiger partial charge in [-0.1, -0.05) is 18.2 Å². The van der Waals surface area contributed by atoms with E-state index in [1.807, 2.05) is 43.3 Å². The molecule has 5 nitrogen and oxygen atoms in total. The molecule has 0 radical (unpaired) electrons. The van der Waals surface area contributed by atoms with Crippen molar-refractivity contribution in [3.63, 3.8) is 0 Å². The minimum absolute atomic E-state index is 0.812. The largest absolute Gasteiger partial charge is 0.382 e. The Labute approximate surface area is 108 Å². The molecule has 1 aliphatic heterocycles. The summed E-state index contributed by atoms with van der Waals surface area (Å²) in [5.74, 6) is 1.66. The van der Waals surface area contributed by atoms with Crippen LogP contribution >= 0.6 is 0 Å². The van der Waals surface area contributed by atoms with E-state index in [4.69, 9.17) is 4.52 Å². The third-order valence-electron chi connectivity index (χ3n) is 3.30. The maximum Gasteiger partial charge on any atom is 0.167 e. The van der Waals surface area contributed by atoms with Crippen molar-refractivity contribution in [2.24, 2.45) is 0 Å². The standard InChI is InChI=1S/C14H12N4O/c1-8-12-11(19-18-8)7-10-13(12)16-17-14(10)15-9-5-3-2-4-6-9/h2-7,18H,1H3,(H2,15,16,17). The lowest BCUT2D eigenvalue weighted by Crippen LogP contribution is -1.89. The predicted octanol–water partition coefficient (Wildman–Crippen LogP) is 3.64. The number of fused-ring (bicyclic) bond motifs is 3. The molecule has 3 N–H and O–H groups in total. The van der Waals surface area contributed by atoms with Crippen LogP contribution in [0, 0.1) is 6.92 Å². The number of aromatic amines is 2. The quantitative estimate of drug-likeness (QED) is 0.510. The molecule has 94 valence electrons. The molecule has 2 aromatic rings. The molecule has 0 spiro atoms. The minimum atomic E-state index is 0.812. The molecular formula is C14H12N4O. The zero-order valence-corrected chi connectivity index (χ0v) is 10.3. The van der Waals surface area contributed by atoms with Crippen LogP contribution < -0.4 is 5.32 Å². The lowest BCUT2D eigenvalue weighted by molar-refractivity contribution is 0.430. The summed E-state index contributed by atoms with van der Waals surface area (Å²) in [6, 6.07) is 12.0. The van der Waals surface area contributed by atoms with Gasteiger partial charge < -0.3 is 9.84 Å². The van der Waals surface area contributed by atoms with Crippen molar-refractivity contribution in [1.82, 2.24) is 15.4 Å². The highest BCUT2D eigenvalue weighted by Gasteiger charge is 2.21. The molecule has 19 heavy (non-hydrogen) atoms. The maximum absolute atomic E-state index is 5.40. The SMILES string of the molecule is Cc1[nH]oc2cc3c(Nc4ccccc4)n[nH]c3c1-2. The molecule has 0 bridgehead atoms. The van der Waals surface area contributed by atoms with Crippen molar-refractivity contribution in [3.05, 3.63) is 42.1 Å². The number of aryl methyl sites for hydroxylation is 1. The number of para-hydroxylation sites is 1. The highest BCUT2D eigenvalue weighted by atomic mass is 16.5. The summed E-state index contributed by atoms with van der Waals surface area (Å²) in [5.41, 5.74) is 4.07. The smallest absolute Gasteiger partial charge is 0.167 e. The monoisotopic (exact) mass is 252 g/mol. The first-order chi connectivity index (χ1) is 9.33. The van der Waals surface area contributed by atoms with Gasteiger partial charge >= 0.3 is 0 Å². The third-order valence-corrected chi connectivity index (χ3v) is 3.30. The number of benzene rings is 1. The molecule has 2 aliphatic rings. The van der Waals surface area contributed by atoms with Crippen LogP contribution in [0.5, 0.6) is 0 Å². The summed E-state index contributed by atoms with van der Waals surface area (Å²) in [6.45, 7) is 1.98. The Balaban J connectivity index is 1.85. The van der Waals surface area contributed by atoms with E-state index in [9.17, 15) is 0 Å². The van der Waals surface area contributed by atoms with Gasteiger partial charge in [0.25, 0.3) is 0 Å². The highest BCUT2D eigenvalue weighted by molar-refractivity contribution is 6.05. The molecular weight excluding hydrogens is 240 g/mol. The summed E-state index contributed by atoms with van der Waals surface area (Å²) in [4.78, 5) is 0. The Hall–Kier alpha value is -2.69. The van der Waals surface area contributed by atoms with Crippen molar-refractivity contribution in [3.8, 4) is 11.3 Å². The van der Waals surface area contributed by atoms with Gasteiger partial charge in [0.2, 0.25) is 0 Å². The van der Waals surface area contributed by atoms with E-state index < -0.39 is 0 Å². The van der Waals surface area contributed by atoms with E-state index in [1.165, 1.54) is 0 Å². The Kier molecular flexibility index (Phi) is 1.97. The molecule has 0 saturated heterocycles. The fourth-order valence-electron chi connectivity index (χ4n) is 2.40. The first-order valence-electron chi connectivity index (χ1n) is 6.09. The Bertz CT molecular complexity index is 809. The molecule has 0 fully saturated rings. The van der Waals surface area contributed by atoms with E-state index in [0.29, 0.717) is 0 Å². The van der Waals surface area contributed by atoms with E-state index >= 15 is 0 Å². The van der Waals surface area contributed by atoms with E-state index in [-0.39, 0.29) is 0 Å². The second-order valence-electron chi connectivity index (χ2n) is 4.56. The third kappa shape index (κ3) is 1.45. The van der Waals surface area contributed by atoms with Gasteiger partial charge in [0.15, 0.2) is 11.6 Å². The normalized spacial score (nSPS) is 11.4. The van der Waals surface area contributed by atoms with Crippen molar-refractivity contribution in [2.75, 3.05) is 5.32 Å². The fraction of sp³-hybridized carbons (Fsp3) is 0.0714. The van der Waals surface area contributed by atoms with Crippen LogP contribution in [-0.2, 0) is 0 Å². The van der Waals surface area contributed by atoms with Gasteiger partial charge in [-0.3, -0.25) is 5.10 Å². The average Bonchev–Trinajstić information content (AvgIpc) is 3.06. The number of rotatable bonds is 2. The molecule has 5 heteroatoms. The molecule has 1 aromatic heterocycles. The molecule has 4 rings (SSSR count). The van der Waals surface area contributed by atoms with Crippen LogP contribution in [0.25, 0.3) is 22.2 Å². The van der Waals surface area contributed by atoms with Crippen molar-refractivity contribution >= 4 is 22.4 Å². The van der Waals surface area contributed by atoms with E-state index in [2.05, 4.69) is 20.7 Å². The van der Waals surface area contributed by atoms with Crippen LogP contribution in [0.4, 0.5) is 11.5 Å². The first-order valence-corrected chi connectivity index (χ1v) is 6.09. The van der Waals surface area contributed by atoms with Crippen molar-refractivity contribution < 1.29 is 4.52 Å². The van der Waals surface area contributed by atoms with Gasteiger partial charge in [-0.25, -0.2) is 5.16 Å². The van der Waals surface area contributed by atoms with Gasteiger partial charge in [0.1, 0.15) is 0 Å². The summed E-state index contributed by atoms with van der Waals surface area (Å²) >= 11 is 0. The van der Waals surface area contributed by atoms with Gasteiger partial charge in [-0.15, -0.1) is 0 Å².